The van der Waals surface area contributed by atoms with Crippen molar-refractivity contribution < 1.29 is 9.47 Å². The Hall–Kier alpha value is -2.04. The van der Waals surface area contributed by atoms with E-state index >= 15 is 0 Å². The topological polar surface area (TPSA) is 76.8 Å². The van der Waals surface area contributed by atoms with Gasteiger partial charge in [0, 0.05) is 26.7 Å². The van der Waals surface area contributed by atoms with Gasteiger partial charge in [0.2, 0.25) is 0 Å². The minimum Gasteiger partial charge on any atom is -0.497 e. The Morgan fingerprint density at radius 1 is 1.37 bits per heavy atom. The van der Waals surface area contributed by atoms with E-state index in [9.17, 15) is 0 Å². The van der Waals surface area contributed by atoms with Gasteiger partial charge in [0.15, 0.2) is 5.96 Å². The average molecular weight is 488 g/mol. The zero-order chi connectivity index (χ0) is 18.9. The molecule has 1 heterocycles. The second kappa shape index (κ2) is 11.6. The molecule has 1 aromatic carbocycles. The number of aliphatic imine (C=N–C) groups is 1. The fourth-order valence-electron chi connectivity index (χ4n) is 2.38. The standard InChI is InChI=1S/C18H28N6O2.HI/c1-6-19-18(23(3)12-17-21-13-22-24(17)4)20-11-14(2)26-16-9-7-8-15(10-16)25-5;/h7-10,13-14H,6,11-12H2,1-5H3,(H,19,20);1H. The Balaban J connectivity index is 0.00000364. The zero-order valence-corrected chi connectivity index (χ0v) is 18.9. The highest BCUT2D eigenvalue weighted by Crippen LogP contribution is 2.19. The molecular formula is C18H29IN6O2. The molecule has 0 saturated carbocycles. The number of benzene rings is 1. The first-order valence-corrected chi connectivity index (χ1v) is 8.66. The molecule has 0 radical (unpaired) electrons. The minimum atomic E-state index is -0.0704. The minimum absolute atomic E-state index is 0. The van der Waals surface area contributed by atoms with Crippen molar-refractivity contribution in [1.29, 1.82) is 0 Å². The molecule has 0 amide bonds. The number of halogens is 1. The molecule has 1 N–H and O–H groups in total. The quantitative estimate of drug-likeness (QED) is 0.349. The van der Waals surface area contributed by atoms with Crippen LogP contribution >= 0.6 is 24.0 Å². The molecule has 0 aliphatic rings. The Kier molecular flexibility index (Phi) is 9.90. The number of aryl methyl sites for hydroxylation is 1. The van der Waals surface area contributed by atoms with E-state index in [0.29, 0.717) is 13.1 Å². The maximum absolute atomic E-state index is 5.93. The molecule has 9 heteroatoms. The van der Waals surface area contributed by atoms with Crippen LogP contribution in [0.2, 0.25) is 0 Å². The van der Waals surface area contributed by atoms with Crippen molar-refractivity contribution in [1.82, 2.24) is 25.0 Å². The smallest absolute Gasteiger partial charge is 0.194 e. The number of hydrogen-bond donors (Lipinski definition) is 1. The van der Waals surface area contributed by atoms with Crippen molar-refractivity contribution in [2.24, 2.45) is 12.0 Å². The van der Waals surface area contributed by atoms with Gasteiger partial charge in [0.25, 0.3) is 0 Å². The Morgan fingerprint density at radius 2 is 2.11 bits per heavy atom. The lowest BCUT2D eigenvalue weighted by Gasteiger charge is -2.22. The fourth-order valence-corrected chi connectivity index (χ4v) is 2.38. The summed E-state index contributed by atoms with van der Waals surface area (Å²) in [6, 6.07) is 7.57. The molecular weight excluding hydrogens is 459 g/mol. The zero-order valence-electron chi connectivity index (χ0n) is 16.5. The summed E-state index contributed by atoms with van der Waals surface area (Å²) in [7, 11) is 5.50. The average Bonchev–Trinajstić information content (AvgIpc) is 3.03. The van der Waals surface area contributed by atoms with Gasteiger partial charge in [-0.15, -0.1) is 24.0 Å². The van der Waals surface area contributed by atoms with E-state index in [0.717, 1.165) is 29.8 Å². The molecule has 0 aliphatic carbocycles. The second-order valence-corrected chi connectivity index (χ2v) is 5.96. The van der Waals surface area contributed by atoms with Gasteiger partial charge < -0.3 is 19.7 Å². The summed E-state index contributed by atoms with van der Waals surface area (Å²) >= 11 is 0. The van der Waals surface area contributed by atoms with Crippen LogP contribution in [0, 0.1) is 0 Å². The number of aromatic nitrogens is 3. The van der Waals surface area contributed by atoms with Crippen molar-refractivity contribution >= 4 is 29.9 Å². The molecule has 1 aromatic heterocycles. The van der Waals surface area contributed by atoms with Gasteiger partial charge in [-0.3, -0.25) is 4.68 Å². The van der Waals surface area contributed by atoms with E-state index in [1.807, 2.05) is 57.1 Å². The van der Waals surface area contributed by atoms with Gasteiger partial charge in [0.05, 0.1) is 20.2 Å². The van der Waals surface area contributed by atoms with Crippen molar-refractivity contribution in [2.45, 2.75) is 26.5 Å². The highest BCUT2D eigenvalue weighted by Gasteiger charge is 2.11. The summed E-state index contributed by atoms with van der Waals surface area (Å²) < 4.78 is 12.9. The molecule has 27 heavy (non-hydrogen) atoms. The molecule has 0 spiro atoms. The maximum Gasteiger partial charge on any atom is 0.194 e. The maximum atomic E-state index is 5.93. The third-order valence-electron chi connectivity index (χ3n) is 3.76. The molecule has 150 valence electrons. The third kappa shape index (κ3) is 7.24. The lowest BCUT2D eigenvalue weighted by molar-refractivity contribution is 0.228. The van der Waals surface area contributed by atoms with Gasteiger partial charge in [-0.2, -0.15) is 5.10 Å². The molecule has 2 rings (SSSR count). The third-order valence-corrected chi connectivity index (χ3v) is 3.76. The lowest BCUT2D eigenvalue weighted by atomic mass is 10.3. The second-order valence-electron chi connectivity index (χ2n) is 5.96. The summed E-state index contributed by atoms with van der Waals surface area (Å²) in [4.78, 5) is 11.0. The first-order chi connectivity index (χ1) is 12.5. The SMILES string of the molecule is CCNC(=NCC(C)Oc1cccc(OC)c1)N(C)Cc1ncnn1C.I. The highest BCUT2D eigenvalue weighted by molar-refractivity contribution is 14.0. The summed E-state index contributed by atoms with van der Waals surface area (Å²) in [5, 5.41) is 7.39. The van der Waals surface area contributed by atoms with Gasteiger partial charge in [-0.25, -0.2) is 9.98 Å². The van der Waals surface area contributed by atoms with Crippen molar-refractivity contribution in [3.8, 4) is 11.5 Å². The largest absolute Gasteiger partial charge is 0.497 e. The van der Waals surface area contributed by atoms with Crippen LogP contribution in [0.4, 0.5) is 0 Å². The van der Waals surface area contributed by atoms with Crippen LogP contribution in [0.5, 0.6) is 11.5 Å². The van der Waals surface area contributed by atoms with E-state index in [4.69, 9.17) is 9.47 Å². The number of methoxy groups -OCH3 is 1. The van der Waals surface area contributed by atoms with Crippen LogP contribution in [0.15, 0.2) is 35.6 Å². The molecule has 0 saturated heterocycles. The molecule has 0 fully saturated rings. The van der Waals surface area contributed by atoms with Crippen LogP contribution in [0.3, 0.4) is 0 Å². The lowest BCUT2D eigenvalue weighted by Crippen LogP contribution is -2.39. The molecule has 2 aromatic rings. The van der Waals surface area contributed by atoms with Gasteiger partial charge in [-0.1, -0.05) is 6.07 Å². The van der Waals surface area contributed by atoms with Crippen LogP contribution in [-0.2, 0) is 13.6 Å². The molecule has 0 aliphatic heterocycles. The summed E-state index contributed by atoms with van der Waals surface area (Å²) in [5.74, 6) is 3.22. The van der Waals surface area contributed by atoms with Crippen LogP contribution < -0.4 is 14.8 Å². The predicted molar refractivity (Wildman–Crippen MR) is 117 cm³/mol. The van der Waals surface area contributed by atoms with Gasteiger partial charge in [-0.05, 0) is 26.0 Å². The van der Waals surface area contributed by atoms with Crippen LogP contribution in [-0.4, -0.2) is 59.0 Å². The Bertz CT molecular complexity index is 721. The number of hydrogen-bond acceptors (Lipinski definition) is 5. The van der Waals surface area contributed by atoms with E-state index < -0.39 is 0 Å². The number of guanidine groups is 1. The summed E-state index contributed by atoms with van der Waals surface area (Å²) in [5.41, 5.74) is 0. The number of nitrogens with zero attached hydrogens (tertiary/aromatic N) is 5. The van der Waals surface area contributed by atoms with Gasteiger partial charge in [0.1, 0.15) is 29.8 Å². The number of ether oxygens (including phenoxy) is 2. The first kappa shape index (κ1) is 23.0. The molecule has 8 nitrogen and oxygen atoms in total. The van der Waals surface area contributed by atoms with Crippen molar-refractivity contribution in [3.05, 3.63) is 36.4 Å². The van der Waals surface area contributed by atoms with Crippen LogP contribution in [0.25, 0.3) is 0 Å². The van der Waals surface area contributed by atoms with Crippen molar-refractivity contribution in [3.63, 3.8) is 0 Å². The highest BCUT2D eigenvalue weighted by atomic mass is 127. The Labute approximate surface area is 178 Å². The van der Waals surface area contributed by atoms with Crippen molar-refractivity contribution in [2.75, 3.05) is 27.2 Å². The predicted octanol–water partition coefficient (Wildman–Crippen LogP) is 2.31. The molecule has 0 bridgehead atoms. The monoisotopic (exact) mass is 488 g/mol. The van der Waals surface area contributed by atoms with E-state index in [-0.39, 0.29) is 30.1 Å². The van der Waals surface area contributed by atoms with E-state index in [1.165, 1.54) is 0 Å². The van der Waals surface area contributed by atoms with Gasteiger partial charge >= 0.3 is 0 Å². The molecule has 1 atom stereocenters. The Morgan fingerprint density at radius 3 is 2.74 bits per heavy atom. The number of nitrogens with one attached hydrogen (secondary N) is 1. The van der Waals surface area contributed by atoms with Crippen LogP contribution in [0.1, 0.15) is 19.7 Å². The van der Waals surface area contributed by atoms with E-state index in [2.05, 4.69) is 20.4 Å². The normalized spacial score (nSPS) is 12.1. The van der Waals surface area contributed by atoms with E-state index in [1.54, 1.807) is 18.1 Å². The summed E-state index contributed by atoms with van der Waals surface area (Å²) in [6.45, 7) is 5.97. The molecule has 1 unspecified atom stereocenters. The number of rotatable bonds is 8. The fraction of sp³-hybridized carbons (Fsp3) is 0.500. The summed E-state index contributed by atoms with van der Waals surface area (Å²) in [6.07, 6.45) is 1.48. The first-order valence-electron chi connectivity index (χ1n) is 8.66.